The number of imidazole rings is 1. The average molecular weight is 294 g/mol. The number of hydrogen-bond donors (Lipinski definition) is 0. The van der Waals surface area contributed by atoms with E-state index in [2.05, 4.69) is 20.9 Å². The van der Waals surface area contributed by atoms with E-state index in [1.54, 1.807) is 6.07 Å². The Hall–Kier alpha value is -0.250. The third-order valence-corrected chi connectivity index (χ3v) is 3.39. The summed E-state index contributed by atoms with van der Waals surface area (Å²) in [4.78, 5) is 4.32. The molecule has 0 fully saturated rings. The van der Waals surface area contributed by atoms with Crippen molar-refractivity contribution in [3.05, 3.63) is 26.9 Å². The van der Waals surface area contributed by atoms with Crippen LogP contribution < -0.4 is 0 Å². The molecular weight excluding hydrogens is 287 g/mol. The van der Waals surface area contributed by atoms with Crippen LogP contribution in [0, 0.1) is 0 Å². The van der Waals surface area contributed by atoms with E-state index < -0.39 is 0 Å². The van der Waals surface area contributed by atoms with Gasteiger partial charge in [-0.15, -0.1) is 0 Å². The van der Waals surface area contributed by atoms with Crippen LogP contribution in [0.1, 0.15) is 6.92 Å². The molecule has 0 saturated heterocycles. The van der Waals surface area contributed by atoms with E-state index in [-0.39, 0.29) is 0 Å². The molecule has 0 amide bonds. The summed E-state index contributed by atoms with van der Waals surface area (Å²) in [7, 11) is 0. The van der Waals surface area contributed by atoms with Crippen molar-refractivity contribution in [3.8, 4) is 0 Å². The highest BCUT2D eigenvalue weighted by molar-refractivity contribution is 9.10. The fourth-order valence-electron chi connectivity index (χ4n) is 1.39. The van der Waals surface area contributed by atoms with Crippen molar-refractivity contribution in [2.24, 2.45) is 0 Å². The van der Waals surface area contributed by atoms with E-state index in [1.165, 1.54) is 0 Å². The molecule has 2 nitrogen and oxygen atoms in total. The minimum Gasteiger partial charge on any atom is -0.319 e. The number of hydrogen-bond acceptors (Lipinski definition) is 1. The van der Waals surface area contributed by atoms with Crippen LogP contribution >= 0.6 is 39.1 Å². The maximum atomic E-state index is 5.94. The number of aryl methyl sites for hydroxylation is 1. The Balaban J connectivity index is 2.82. The first kappa shape index (κ1) is 10.3. The molecule has 0 atom stereocenters. The molecule has 14 heavy (non-hydrogen) atoms. The second kappa shape index (κ2) is 3.72. The Labute approximate surface area is 100.0 Å². The smallest absolute Gasteiger partial charge is 0.178 e. The highest BCUT2D eigenvalue weighted by atomic mass is 79.9. The van der Waals surface area contributed by atoms with Gasteiger partial charge in [-0.2, -0.15) is 0 Å². The van der Waals surface area contributed by atoms with Crippen molar-refractivity contribution >= 4 is 50.2 Å². The third-order valence-electron chi connectivity index (χ3n) is 2.06. The zero-order valence-electron chi connectivity index (χ0n) is 7.39. The van der Waals surface area contributed by atoms with Crippen molar-refractivity contribution in [1.82, 2.24) is 9.55 Å². The number of benzene rings is 1. The molecule has 0 aliphatic carbocycles. The number of rotatable bonds is 1. The number of aromatic nitrogens is 2. The zero-order valence-corrected chi connectivity index (χ0v) is 10.5. The van der Waals surface area contributed by atoms with Gasteiger partial charge in [0.05, 0.1) is 21.1 Å². The molecule has 0 radical (unpaired) electrons. The van der Waals surface area contributed by atoms with Gasteiger partial charge in [-0.1, -0.05) is 23.2 Å². The summed E-state index contributed by atoms with van der Waals surface area (Å²) in [5, 5.41) is 1.09. The number of nitrogens with zero attached hydrogens (tertiary/aromatic N) is 2. The largest absolute Gasteiger partial charge is 0.319 e. The van der Waals surface area contributed by atoms with Gasteiger partial charge in [0.2, 0.25) is 0 Å². The summed E-state index contributed by atoms with van der Waals surface area (Å²) in [6.07, 6.45) is 0. The lowest BCUT2D eigenvalue weighted by Gasteiger charge is -2.01. The predicted molar refractivity (Wildman–Crippen MR) is 63.1 cm³/mol. The second-order valence-corrected chi connectivity index (χ2v) is 4.40. The summed E-state index contributed by atoms with van der Waals surface area (Å²) in [5.74, 6) is 0. The zero-order chi connectivity index (χ0) is 10.3. The molecule has 2 aromatic rings. The topological polar surface area (TPSA) is 17.8 Å². The van der Waals surface area contributed by atoms with Crippen LogP contribution in [0.5, 0.6) is 0 Å². The summed E-state index contributed by atoms with van der Waals surface area (Å²) < 4.78 is 2.82. The van der Waals surface area contributed by atoms with Crippen LogP contribution in [0.4, 0.5) is 0 Å². The lowest BCUT2D eigenvalue weighted by atomic mass is 10.3. The minimum atomic E-state index is 0.535. The molecule has 1 aromatic carbocycles. The molecule has 1 aromatic heterocycles. The van der Waals surface area contributed by atoms with Gasteiger partial charge in [-0.3, -0.25) is 0 Å². The van der Waals surface area contributed by atoms with Crippen LogP contribution in [-0.2, 0) is 6.54 Å². The normalized spacial score (nSPS) is 11.1. The van der Waals surface area contributed by atoms with E-state index in [1.807, 2.05) is 17.6 Å². The van der Waals surface area contributed by atoms with E-state index in [9.17, 15) is 0 Å². The van der Waals surface area contributed by atoms with Crippen molar-refractivity contribution in [2.45, 2.75) is 13.5 Å². The first-order valence-corrected chi connectivity index (χ1v) is 5.69. The van der Waals surface area contributed by atoms with Gasteiger partial charge in [-0.25, -0.2) is 4.98 Å². The van der Waals surface area contributed by atoms with Crippen LogP contribution in [-0.4, -0.2) is 9.55 Å². The molecule has 0 N–H and O–H groups in total. The predicted octanol–water partition coefficient (Wildman–Crippen LogP) is 4.13. The minimum absolute atomic E-state index is 0.535. The Bertz CT molecular complexity index is 493. The van der Waals surface area contributed by atoms with E-state index in [0.29, 0.717) is 10.0 Å². The molecule has 2 rings (SSSR count). The molecular formula is C9H7BrCl2N2. The average Bonchev–Trinajstić information content (AvgIpc) is 2.42. The van der Waals surface area contributed by atoms with E-state index >= 15 is 0 Å². The standard InChI is InChI=1S/C9H7BrCl2N2/c1-2-14-8-4-6(12)5(11)3-7(8)13-9(14)10/h3-4H,2H2,1H3. The molecule has 0 bridgehead atoms. The molecule has 5 heteroatoms. The SMILES string of the molecule is CCn1c(Br)nc2cc(Cl)c(Cl)cc21. The molecule has 0 aliphatic heterocycles. The summed E-state index contributed by atoms with van der Waals surface area (Å²) >= 11 is 15.2. The van der Waals surface area contributed by atoms with Gasteiger partial charge in [0.1, 0.15) is 0 Å². The van der Waals surface area contributed by atoms with Crippen molar-refractivity contribution in [1.29, 1.82) is 0 Å². The maximum Gasteiger partial charge on any atom is 0.178 e. The Morgan fingerprint density at radius 3 is 2.64 bits per heavy atom. The highest BCUT2D eigenvalue weighted by Gasteiger charge is 2.09. The molecule has 0 aliphatic rings. The quantitative estimate of drug-likeness (QED) is 0.773. The van der Waals surface area contributed by atoms with Crippen LogP contribution in [0.3, 0.4) is 0 Å². The first-order valence-electron chi connectivity index (χ1n) is 4.14. The van der Waals surface area contributed by atoms with Crippen LogP contribution in [0.2, 0.25) is 10.0 Å². The summed E-state index contributed by atoms with van der Waals surface area (Å²) in [6, 6.07) is 3.61. The van der Waals surface area contributed by atoms with Gasteiger partial charge < -0.3 is 4.57 Å². The van der Waals surface area contributed by atoms with Gasteiger partial charge in [0.15, 0.2) is 4.73 Å². The molecule has 0 unspecified atom stereocenters. The monoisotopic (exact) mass is 292 g/mol. The molecule has 0 saturated carbocycles. The second-order valence-electron chi connectivity index (χ2n) is 2.88. The number of fused-ring (bicyclic) bond motifs is 1. The van der Waals surface area contributed by atoms with Gasteiger partial charge in [0.25, 0.3) is 0 Å². The van der Waals surface area contributed by atoms with Crippen molar-refractivity contribution < 1.29 is 0 Å². The number of halogens is 3. The van der Waals surface area contributed by atoms with Gasteiger partial charge >= 0.3 is 0 Å². The fourth-order valence-corrected chi connectivity index (χ4v) is 2.34. The molecule has 1 heterocycles. The van der Waals surface area contributed by atoms with E-state index in [0.717, 1.165) is 22.3 Å². The lowest BCUT2D eigenvalue weighted by molar-refractivity contribution is 0.765. The highest BCUT2D eigenvalue weighted by Crippen LogP contribution is 2.29. The Morgan fingerprint density at radius 2 is 2.00 bits per heavy atom. The van der Waals surface area contributed by atoms with E-state index in [4.69, 9.17) is 23.2 Å². The summed E-state index contributed by atoms with van der Waals surface area (Å²) in [6.45, 7) is 2.89. The Kier molecular flexibility index (Phi) is 2.73. The van der Waals surface area contributed by atoms with Crippen molar-refractivity contribution in [3.63, 3.8) is 0 Å². The third kappa shape index (κ3) is 1.53. The fraction of sp³-hybridized carbons (Fsp3) is 0.222. The molecule has 74 valence electrons. The maximum absolute atomic E-state index is 5.94. The lowest BCUT2D eigenvalue weighted by Crippen LogP contribution is -1.93. The molecule has 0 spiro atoms. The van der Waals surface area contributed by atoms with Gasteiger partial charge in [-0.05, 0) is 35.0 Å². The van der Waals surface area contributed by atoms with Crippen LogP contribution in [0.15, 0.2) is 16.9 Å². The van der Waals surface area contributed by atoms with Crippen LogP contribution in [0.25, 0.3) is 11.0 Å². The first-order chi connectivity index (χ1) is 6.63. The summed E-state index contributed by atoms with van der Waals surface area (Å²) in [5.41, 5.74) is 1.85. The van der Waals surface area contributed by atoms with Gasteiger partial charge in [0, 0.05) is 6.54 Å². The Morgan fingerprint density at radius 1 is 1.36 bits per heavy atom. The van der Waals surface area contributed by atoms with Crippen molar-refractivity contribution in [2.75, 3.05) is 0 Å².